The number of nitrogens with two attached hydrogens (primary N) is 1. The number of nitrogens with zero attached hydrogens (tertiary/aromatic N) is 3. The van der Waals surface area contributed by atoms with Gasteiger partial charge in [-0.3, -0.25) is 4.98 Å². The number of hydrogen-bond acceptors (Lipinski definition) is 6. The van der Waals surface area contributed by atoms with Crippen molar-refractivity contribution in [2.75, 3.05) is 12.3 Å². The number of ether oxygens (including phenoxy) is 1. The van der Waals surface area contributed by atoms with E-state index in [0.29, 0.717) is 34.5 Å². The van der Waals surface area contributed by atoms with Gasteiger partial charge in [-0.05, 0) is 37.0 Å². The second kappa shape index (κ2) is 9.16. The van der Waals surface area contributed by atoms with Crippen molar-refractivity contribution in [3.63, 3.8) is 0 Å². The number of benzene rings is 2. The van der Waals surface area contributed by atoms with Crippen molar-refractivity contribution in [2.45, 2.75) is 25.7 Å². The lowest BCUT2D eigenvalue weighted by atomic mass is 10.0. The molecule has 1 fully saturated rings. The summed E-state index contributed by atoms with van der Waals surface area (Å²) in [6, 6.07) is 17.1. The first kappa shape index (κ1) is 21.3. The lowest BCUT2D eigenvalue weighted by Gasteiger charge is -2.15. The fourth-order valence-corrected chi connectivity index (χ4v) is 4.60. The van der Waals surface area contributed by atoms with Gasteiger partial charge in [0.1, 0.15) is 0 Å². The number of rotatable bonds is 5. The molecule has 1 saturated carbocycles. The number of aromatic nitrogens is 3. The Labute approximate surface area is 196 Å². The minimum atomic E-state index is -0.554. The van der Waals surface area contributed by atoms with E-state index in [4.69, 9.17) is 22.1 Å². The van der Waals surface area contributed by atoms with Crippen LogP contribution in [0.3, 0.4) is 0 Å². The minimum absolute atomic E-state index is 0.0186. The molecule has 2 heterocycles. The number of carbonyl (C=O) groups is 1. The van der Waals surface area contributed by atoms with Crippen LogP contribution in [0.1, 0.15) is 36.2 Å². The van der Waals surface area contributed by atoms with E-state index in [1.54, 1.807) is 12.3 Å². The predicted molar refractivity (Wildman–Crippen MR) is 130 cm³/mol. The first-order valence-electron chi connectivity index (χ1n) is 11.0. The zero-order valence-electron chi connectivity index (χ0n) is 18.0. The van der Waals surface area contributed by atoms with Gasteiger partial charge in [-0.15, -0.1) is 0 Å². The molecule has 2 aromatic heterocycles. The van der Waals surface area contributed by atoms with Gasteiger partial charge in [0.05, 0.1) is 28.5 Å². The van der Waals surface area contributed by atoms with Crippen molar-refractivity contribution in [2.24, 2.45) is 5.92 Å². The lowest BCUT2D eigenvalue weighted by Crippen LogP contribution is -2.17. The fraction of sp³-hybridized carbons (Fsp3) is 0.231. The molecule has 0 atom stereocenters. The molecule has 7 heteroatoms. The Morgan fingerprint density at radius 2 is 1.76 bits per heavy atom. The van der Waals surface area contributed by atoms with Crippen molar-refractivity contribution in [1.29, 1.82) is 0 Å². The molecule has 5 rings (SSSR count). The van der Waals surface area contributed by atoms with E-state index in [2.05, 4.69) is 15.0 Å². The molecule has 33 heavy (non-hydrogen) atoms. The van der Waals surface area contributed by atoms with Gasteiger partial charge in [-0.25, -0.2) is 14.8 Å². The summed E-state index contributed by atoms with van der Waals surface area (Å²) >= 11 is 6.54. The highest BCUT2D eigenvalue weighted by atomic mass is 35.5. The zero-order valence-corrected chi connectivity index (χ0v) is 18.8. The van der Waals surface area contributed by atoms with Crippen molar-refractivity contribution in [1.82, 2.24) is 15.0 Å². The summed E-state index contributed by atoms with van der Waals surface area (Å²) < 4.78 is 5.57. The van der Waals surface area contributed by atoms with Gasteiger partial charge in [-0.1, -0.05) is 60.8 Å². The number of halogens is 1. The van der Waals surface area contributed by atoms with Crippen LogP contribution in [0.15, 0.2) is 60.8 Å². The zero-order chi connectivity index (χ0) is 22.8. The summed E-state index contributed by atoms with van der Waals surface area (Å²) in [7, 11) is 0. The quantitative estimate of drug-likeness (QED) is 0.372. The topological polar surface area (TPSA) is 91.0 Å². The van der Waals surface area contributed by atoms with Crippen molar-refractivity contribution in [3.8, 4) is 22.5 Å². The van der Waals surface area contributed by atoms with E-state index in [1.807, 2.05) is 48.5 Å². The summed E-state index contributed by atoms with van der Waals surface area (Å²) in [4.78, 5) is 26.5. The number of pyridine rings is 1. The van der Waals surface area contributed by atoms with Crippen LogP contribution >= 0.6 is 11.6 Å². The lowest BCUT2D eigenvalue weighted by molar-refractivity contribution is 0.0437. The molecule has 0 spiro atoms. The molecular formula is C26H23ClN4O2. The Morgan fingerprint density at radius 3 is 2.55 bits per heavy atom. The van der Waals surface area contributed by atoms with Crippen LogP contribution in [-0.2, 0) is 4.74 Å². The molecule has 166 valence electrons. The van der Waals surface area contributed by atoms with E-state index in [9.17, 15) is 4.79 Å². The van der Waals surface area contributed by atoms with Gasteiger partial charge >= 0.3 is 5.97 Å². The summed E-state index contributed by atoms with van der Waals surface area (Å²) in [6.07, 6.45) is 6.21. The summed E-state index contributed by atoms with van der Waals surface area (Å²) in [5.41, 5.74) is 9.55. The first-order chi connectivity index (χ1) is 16.1. The number of esters is 1. The summed E-state index contributed by atoms with van der Waals surface area (Å²) in [6.45, 7) is 0.378. The van der Waals surface area contributed by atoms with Gasteiger partial charge in [0, 0.05) is 22.7 Å². The molecule has 0 unspecified atom stereocenters. The van der Waals surface area contributed by atoms with Crippen LogP contribution in [0.25, 0.3) is 33.4 Å². The Bertz CT molecular complexity index is 1320. The molecule has 6 nitrogen and oxygen atoms in total. The molecule has 0 amide bonds. The van der Waals surface area contributed by atoms with Crippen LogP contribution < -0.4 is 5.73 Å². The van der Waals surface area contributed by atoms with Gasteiger partial charge in [0.15, 0.2) is 11.5 Å². The molecule has 0 saturated heterocycles. The summed E-state index contributed by atoms with van der Waals surface area (Å²) in [5, 5.41) is 1.36. The molecule has 0 bridgehead atoms. The Balaban J connectivity index is 1.61. The van der Waals surface area contributed by atoms with Crippen molar-refractivity contribution >= 4 is 34.3 Å². The molecule has 2 N–H and O–H groups in total. The molecule has 1 aliphatic carbocycles. The summed E-state index contributed by atoms with van der Waals surface area (Å²) in [5.74, 6) is -0.109. The number of carbonyl (C=O) groups excluding carboxylic acids is 1. The van der Waals surface area contributed by atoms with E-state index in [0.717, 1.165) is 29.4 Å². The monoisotopic (exact) mass is 458 g/mol. The maximum atomic E-state index is 12.9. The highest BCUT2D eigenvalue weighted by molar-refractivity contribution is 6.35. The van der Waals surface area contributed by atoms with Gasteiger partial charge in [0.25, 0.3) is 0 Å². The second-order valence-electron chi connectivity index (χ2n) is 8.30. The number of fused-ring (bicyclic) bond motifs is 1. The molecule has 1 aliphatic rings. The van der Waals surface area contributed by atoms with Crippen molar-refractivity contribution in [3.05, 3.63) is 71.5 Å². The van der Waals surface area contributed by atoms with Crippen LogP contribution in [-0.4, -0.2) is 27.5 Å². The highest BCUT2D eigenvalue weighted by Crippen LogP contribution is 2.35. The maximum absolute atomic E-state index is 12.9. The third-order valence-corrected chi connectivity index (χ3v) is 6.31. The van der Waals surface area contributed by atoms with Crippen LogP contribution in [0.5, 0.6) is 0 Å². The first-order valence-corrected chi connectivity index (χ1v) is 11.4. The number of hydrogen-bond donors (Lipinski definition) is 1. The Hall–Kier alpha value is -3.51. The highest BCUT2D eigenvalue weighted by Gasteiger charge is 2.23. The smallest absolute Gasteiger partial charge is 0.360 e. The second-order valence-corrected chi connectivity index (χ2v) is 8.71. The average molecular weight is 459 g/mol. The molecule has 0 aliphatic heterocycles. The normalized spacial score (nSPS) is 14.0. The number of anilines is 1. The average Bonchev–Trinajstić information content (AvgIpc) is 3.37. The van der Waals surface area contributed by atoms with E-state index >= 15 is 0 Å². The molecular weight excluding hydrogens is 436 g/mol. The van der Waals surface area contributed by atoms with E-state index < -0.39 is 5.97 Å². The van der Waals surface area contributed by atoms with Crippen molar-refractivity contribution < 1.29 is 9.53 Å². The van der Waals surface area contributed by atoms with Gasteiger partial charge in [0.2, 0.25) is 0 Å². The van der Waals surface area contributed by atoms with Gasteiger partial charge < -0.3 is 10.5 Å². The van der Waals surface area contributed by atoms with E-state index in [-0.39, 0.29) is 11.5 Å². The minimum Gasteiger partial charge on any atom is -0.461 e. The largest absolute Gasteiger partial charge is 0.461 e. The molecule has 0 radical (unpaired) electrons. The predicted octanol–water partition coefficient (Wildman–Crippen LogP) is 5.94. The SMILES string of the molecule is Nc1nc(-c2ccccc2)c(-c2cc(Cl)c3ncccc3c2)nc1C(=O)OCC1CCCC1. The van der Waals surface area contributed by atoms with Crippen LogP contribution in [0.2, 0.25) is 5.02 Å². The fourth-order valence-electron chi connectivity index (χ4n) is 4.32. The standard InChI is InChI=1S/C26H23ClN4O2/c27-20-14-19(13-18-11-6-12-29-21(18)20)23-22(17-9-2-1-3-10-17)31-25(28)24(30-23)26(32)33-15-16-7-4-5-8-16/h1-3,6,9-14,16H,4-5,7-8,15H2,(H2,28,31). The Morgan fingerprint density at radius 1 is 1.00 bits per heavy atom. The third-order valence-electron chi connectivity index (χ3n) is 6.02. The van der Waals surface area contributed by atoms with Crippen LogP contribution in [0, 0.1) is 5.92 Å². The van der Waals surface area contributed by atoms with E-state index in [1.165, 1.54) is 12.8 Å². The van der Waals surface area contributed by atoms with Crippen LogP contribution in [0.4, 0.5) is 5.82 Å². The molecule has 4 aromatic rings. The third kappa shape index (κ3) is 4.39. The Kier molecular flexibility index (Phi) is 5.92. The maximum Gasteiger partial charge on any atom is 0.360 e. The number of nitrogen functional groups attached to an aromatic ring is 1. The molecule has 2 aromatic carbocycles. The van der Waals surface area contributed by atoms with Gasteiger partial charge in [-0.2, -0.15) is 0 Å².